The van der Waals surface area contributed by atoms with Gasteiger partial charge in [0.15, 0.2) is 5.96 Å². The molecule has 2 unspecified atom stereocenters. The molecule has 0 radical (unpaired) electrons. The van der Waals surface area contributed by atoms with Crippen LogP contribution in [0, 0.1) is 5.41 Å². The molecule has 1 aliphatic rings. The summed E-state index contributed by atoms with van der Waals surface area (Å²) in [4.78, 5) is 7.24. The Kier molecular flexibility index (Phi) is 7.91. The molecule has 3 N–H and O–H groups in total. The fourth-order valence-electron chi connectivity index (χ4n) is 3.26. The first-order valence-electron chi connectivity index (χ1n) is 9.87. The second-order valence-corrected chi connectivity index (χ2v) is 8.19. The van der Waals surface area contributed by atoms with Gasteiger partial charge in [-0.15, -0.1) is 0 Å². The number of benzene rings is 1. The van der Waals surface area contributed by atoms with Crippen molar-refractivity contribution in [1.29, 1.82) is 0 Å². The van der Waals surface area contributed by atoms with E-state index in [-0.39, 0.29) is 12.0 Å². The molecule has 0 amide bonds. The quantitative estimate of drug-likeness (QED) is 0.517. The lowest BCUT2D eigenvalue weighted by Crippen LogP contribution is -2.51. The summed E-state index contributed by atoms with van der Waals surface area (Å²) in [6, 6.07) is 11.7. The van der Waals surface area contributed by atoms with Crippen LogP contribution in [0.3, 0.4) is 0 Å². The van der Waals surface area contributed by atoms with Gasteiger partial charge < -0.3 is 15.7 Å². The molecule has 1 saturated heterocycles. The Hall–Kier alpha value is -1.59. The monoisotopic (exact) mass is 360 g/mol. The van der Waals surface area contributed by atoms with E-state index in [1.807, 2.05) is 13.8 Å². The number of aliphatic hydroxyl groups is 1. The van der Waals surface area contributed by atoms with E-state index in [2.05, 4.69) is 64.7 Å². The molecule has 26 heavy (non-hydrogen) atoms. The maximum atomic E-state index is 9.43. The number of rotatable bonds is 7. The van der Waals surface area contributed by atoms with Gasteiger partial charge in [0.05, 0.1) is 6.54 Å². The van der Waals surface area contributed by atoms with Gasteiger partial charge in [0, 0.05) is 43.7 Å². The first kappa shape index (κ1) is 20.7. The molecule has 5 heteroatoms. The smallest absolute Gasteiger partial charge is 0.191 e. The molecule has 0 saturated carbocycles. The molecule has 0 aliphatic carbocycles. The molecule has 0 bridgehead atoms. The lowest BCUT2D eigenvalue weighted by molar-refractivity contribution is 0.134. The van der Waals surface area contributed by atoms with Crippen molar-refractivity contribution in [3.8, 4) is 0 Å². The Bertz CT molecular complexity index is 558. The van der Waals surface area contributed by atoms with Crippen molar-refractivity contribution in [2.45, 2.75) is 59.2 Å². The molecule has 1 aliphatic heterocycles. The molecular weight excluding hydrogens is 324 g/mol. The first-order valence-corrected chi connectivity index (χ1v) is 9.87. The Morgan fingerprint density at radius 3 is 2.65 bits per heavy atom. The maximum absolute atomic E-state index is 9.43. The predicted octanol–water partition coefficient (Wildman–Crippen LogP) is 2.61. The van der Waals surface area contributed by atoms with Crippen LogP contribution >= 0.6 is 0 Å². The Labute approximate surface area is 158 Å². The normalized spacial score (nSPS) is 22.3. The van der Waals surface area contributed by atoms with Crippen molar-refractivity contribution in [2.75, 3.05) is 26.2 Å². The number of guanidine groups is 1. The van der Waals surface area contributed by atoms with Crippen LogP contribution in [0.1, 0.15) is 46.1 Å². The van der Waals surface area contributed by atoms with Crippen LogP contribution in [0.4, 0.5) is 0 Å². The van der Waals surface area contributed by atoms with E-state index in [4.69, 9.17) is 0 Å². The molecule has 2 atom stereocenters. The van der Waals surface area contributed by atoms with Crippen molar-refractivity contribution >= 4 is 5.96 Å². The summed E-state index contributed by atoms with van der Waals surface area (Å²) in [5.74, 6) is 0.864. The van der Waals surface area contributed by atoms with Crippen LogP contribution in [-0.2, 0) is 6.54 Å². The van der Waals surface area contributed by atoms with Crippen LogP contribution in [-0.4, -0.2) is 54.3 Å². The lowest BCUT2D eigenvalue weighted by Gasteiger charge is -2.38. The molecule has 1 aromatic rings. The zero-order valence-corrected chi connectivity index (χ0v) is 16.8. The highest BCUT2D eigenvalue weighted by atomic mass is 16.3. The van der Waals surface area contributed by atoms with Gasteiger partial charge in [-0.05, 0) is 32.3 Å². The van der Waals surface area contributed by atoms with Crippen molar-refractivity contribution in [1.82, 2.24) is 15.5 Å². The third-order valence-corrected chi connectivity index (χ3v) is 5.02. The van der Waals surface area contributed by atoms with Gasteiger partial charge in [-0.25, -0.2) is 0 Å². The highest BCUT2D eigenvalue weighted by Gasteiger charge is 2.26. The molecule has 5 nitrogen and oxygen atoms in total. The van der Waals surface area contributed by atoms with Gasteiger partial charge >= 0.3 is 0 Å². The minimum Gasteiger partial charge on any atom is -0.396 e. The van der Waals surface area contributed by atoms with Crippen LogP contribution < -0.4 is 10.6 Å². The number of nitrogens with zero attached hydrogens (tertiary/aromatic N) is 2. The summed E-state index contributed by atoms with van der Waals surface area (Å²) >= 11 is 0. The number of nitrogens with one attached hydrogen (secondary N) is 2. The summed E-state index contributed by atoms with van der Waals surface area (Å²) in [6.07, 6.45) is 2.23. The molecule has 1 aromatic carbocycles. The van der Waals surface area contributed by atoms with Crippen LogP contribution in [0.2, 0.25) is 0 Å². The fourth-order valence-corrected chi connectivity index (χ4v) is 3.26. The molecule has 1 fully saturated rings. The summed E-state index contributed by atoms with van der Waals surface area (Å²) in [5, 5.41) is 16.4. The van der Waals surface area contributed by atoms with Gasteiger partial charge in [0.1, 0.15) is 0 Å². The number of hydrogen-bond acceptors (Lipinski definition) is 3. The summed E-state index contributed by atoms with van der Waals surface area (Å²) in [5.41, 5.74) is 1.20. The van der Waals surface area contributed by atoms with Gasteiger partial charge in [-0.2, -0.15) is 0 Å². The van der Waals surface area contributed by atoms with Crippen molar-refractivity contribution in [2.24, 2.45) is 10.4 Å². The van der Waals surface area contributed by atoms with E-state index in [1.54, 1.807) is 0 Å². The minimum atomic E-state index is -0.186. The van der Waals surface area contributed by atoms with Crippen molar-refractivity contribution in [3.63, 3.8) is 0 Å². The highest BCUT2D eigenvalue weighted by Crippen LogP contribution is 2.20. The minimum absolute atomic E-state index is 0.144. The van der Waals surface area contributed by atoms with E-state index in [0.717, 1.165) is 38.4 Å². The lowest BCUT2D eigenvalue weighted by atomic mass is 9.95. The van der Waals surface area contributed by atoms with Crippen LogP contribution in [0.5, 0.6) is 0 Å². The number of aliphatic hydroxyl groups excluding tert-OH is 1. The third kappa shape index (κ3) is 6.61. The molecule has 0 spiro atoms. The molecule has 1 heterocycles. The summed E-state index contributed by atoms with van der Waals surface area (Å²) in [6.45, 7) is 12.2. The zero-order chi connectivity index (χ0) is 19.0. The number of aliphatic imine (C=N–C) groups is 1. The molecule has 0 aromatic heterocycles. The van der Waals surface area contributed by atoms with E-state index in [0.29, 0.717) is 18.6 Å². The average molecular weight is 361 g/mol. The Balaban J connectivity index is 1.88. The van der Waals surface area contributed by atoms with E-state index < -0.39 is 0 Å². The fraction of sp³-hybridized carbons (Fsp3) is 0.667. The van der Waals surface area contributed by atoms with Crippen LogP contribution in [0.25, 0.3) is 0 Å². The SMILES string of the molecule is CCNC(=NCC(C)(C)CO)NC1CCN(Cc2ccccc2)C(C)C1. The summed E-state index contributed by atoms with van der Waals surface area (Å²) < 4.78 is 0. The van der Waals surface area contributed by atoms with Crippen molar-refractivity contribution in [3.05, 3.63) is 35.9 Å². The second-order valence-electron chi connectivity index (χ2n) is 8.19. The molecule has 146 valence electrons. The van der Waals surface area contributed by atoms with Gasteiger partial charge in [0.2, 0.25) is 0 Å². The third-order valence-electron chi connectivity index (χ3n) is 5.02. The number of hydrogen-bond donors (Lipinski definition) is 3. The van der Waals surface area contributed by atoms with Crippen LogP contribution in [0.15, 0.2) is 35.3 Å². The highest BCUT2D eigenvalue weighted by molar-refractivity contribution is 5.80. The standard InChI is InChI=1S/C21H36N4O/c1-5-22-20(23-15-21(3,4)16-26)24-19-11-12-25(17(2)13-19)14-18-9-7-6-8-10-18/h6-10,17,19,26H,5,11-16H2,1-4H3,(H2,22,23,24). The summed E-state index contributed by atoms with van der Waals surface area (Å²) in [7, 11) is 0. The van der Waals surface area contributed by atoms with E-state index >= 15 is 0 Å². The first-order chi connectivity index (χ1) is 12.4. The van der Waals surface area contributed by atoms with Gasteiger partial charge in [0.25, 0.3) is 0 Å². The largest absolute Gasteiger partial charge is 0.396 e. The van der Waals surface area contributed by atoms with Gasteiger partial charge in [-0.1, -0.05) is 44.2 Å². The number of piperidine rings is 1. The van der Waals surface area contributed by atoms with Crippen molar-refractivity contribution < 1.29 is 5.11 Å². The molecule has 2 rings (SSSR count). The van der Waals surface area contributed by atoms with Gasteiger partial charge in [-0.3, -0.25) is 9.89 Å². The number of likely N-dealkylation sites (tertiary alicyclic amines) is 1. The average Bonchev–Trinajstić information content (AvgIpc) is 2.63. The Morgan fingerprint density at radius 1 is 1.31 bits per heavy atom. The predicted molar refractivity (Wildman–Crippen MR) is 109 cm³/mol. The topological polar surface area (TPSA) is 59.9 Å². The van der Waals surface area contributed by atoms with E-state index in [1.165, 1.54) is 5.56 Å². The maximum Gasteiger partial charge on any atom is 0.191 e. The van der Waals surface area contributed by atoms with E-state index in [9.17, 15) is 5.11 Å². The Morgan fingerprint density at radius 2 is 2.04 bits per heavy atom. The molecular formula is C21H36N4O. The second kappa shape index (κ2) is 9.93. The zero-order valence-electron chi connectivity index (χ0n) is 16.8.